The molecule has 3 aromatic rings. The van der Waals surface area contributed by atoms with Crippen LogP contribution in [0, 0.1) is 27.7 Å². The van der Waals surface area contributed by atoms with Gasteiger partial charge in [-0.25, -0.2) is 8.42 Å². The zero-order valence-electron chi connectivity index (χ0n) is 23.9. The zero-order chi connectivity index (χ0) is 28.9. The maximum atomic E-state index is 14.0. The number of sulfonamides is 1. The predicted octanol–water partition coefficient (Wildman–Crippen LogP) is 5.06. The highest BCUT2D eigenvalue weighted by atomic mass is 32.2. The third-order valence-corrected chi connectivity index (χ3v) is 8.24. The van der Waals surface area contributed by atoms with Gasteiger partial charge in [0, 0.05) is 12.6 Å². The van der Waals surface area contributed by atoms with Crippen molar-refractivity contribution in [2.75, 3.05) is 10.8 Å². The summed E-state index contributed by atoms with van der Waals surface area (Å²) in [6, 6.07) is 18.8. The maximum absolute atomic E-state index is 14.0. The smallest absolute Gasteiger partial charge is 0.264 e. The first-order chi connectivity index (χ1) is 18.3. The molecule has 3 aromatic carbocycles. The molecule has 0 radical (unpaired) electrons. The number of nitrogens with one attached hydrogen (secondary N) is 1. The summed E-state index contributed by atoms with van der Waals surface area (Å²) in [5.74, 6) is -0.776. The Balaban J connectivity index is 2.06. The van der Waals surface area contributed by atoms with E-state index in [1.54, 1.807) is 43.3 Å². The Labute approximate surface area is 232 Å². The van der Waals surface area contributed by atoms with E-state index in [-0.39, 0.29) is 23.4 Å². The zero-order valence-corrected chi connectivity index (χ0v) is 24.7. The van der Waals surface area contributed by atoms with Gasteiger partial charge in [0.15, 0.2) is 0 Å². The second-order valence-corrected chi connectivity index (χ2v) is 12.4. The van der Waals surface area contributed by atoms with Crippen LogP contribution in [-0.2, 0) is 26.2 Å². The summed E-state index contributed by atoms with van der Waals surface area (Å²) >= 11 is 0. The first kappa shape index (κ1) is 29.9. The molecule has 2 amide bonds. The van der Waals surface area contributed by atoms with Gasteiger partial charge < -0.3 is 10.2 Å². The van der Waals surface area contributed by atoms with Gasteiger partial charge in [0.25, 0.3) is 10.0 Å². The molecule has 3 rings (SSSR count). The highest BCUT2D eigenvalue weighted by Gasteiger charge is 2.32. The van der Waals surface area contributed by atoms with E-state index in [0.717, 1.165) is 32.1 Å². The van der Waals surface area contributed by atoms with Crippen molar-refractivity contribution in [3.8, 4) is 0 Å². The lowest BCUT2D eigenvalue weighted by molar-refractivity contribution is -0.139. The average molecular weight is 550 g/mol. The minimum atomic E-state index is -4.09. The third kappa shape index (κ3) is 7.69. The standard InChI is InChI=1S/C31H39N3O4S/c1-21(2)32-31(36)26(7)33(19-27-12-8-22(3)9-13-27)30(35)20-34(28-17-24(5)16-25(6)18-28)39(37,38)29-14-10-23(4)11-15-29/h8-18,21,26H,19-20H2,1-7H3,(H,32,36)/t26-/m1/s1. The molecule has 39 heavy (non-hydrogen) atoms. The van der Waals surface area contributed by atoms with Crippen LogP contribution in [0.3, 0.4) is 0 Å². The molecule has 0 fully saturated rings. The Morgan fingerprint density at radius 1 is 0.769 bits per heavy atom. The van der Waals surface area contributed by atoms with Crippen molar-refractivity contribution in [3.63, 3.8) is 0 Å². The molecule has 0 unspecified atom stereocenters. The number of aryl methyl sites for hydroxylation is 4. The van der Waals surface area contributed by atoms with Crippen LogP contribution >= 0.6 is 0 Å². The summed E-state index contributed by atoms with van der Waals surface area (Å²) in [6.45, 7) is 12.7. The monoisotopic (exact) mass is 549 g/mol. The summed E-state index contributed by atoms with van der Waals surface area (Å²) in [6.07, 6.45) is 0. The second kappa shape index (κ2) is 12.5. The van der Waals surface area contributed by atoms with Gasteiger partial charge >= 0.3 is 0 Å². The summed E-state index contributed by atoms with van der Waals surface area (Å²) in [5, 5.41) is 2.87. The van der Waals surface area contributed by atoms with Gasteiger partial charge in [0.2, 0.25) is 11.8 Å². The van der Waals surface area contributed by atoms with Crippen LogP contribution in [0.1, 0.15) is 48.6 Å². The molecule has 1 N–H and O–H groups in total. The number of carbonyl (C=O) groups is 2. The Morgan fingerprint density at radius 3 is 1.79 bits per heavy atom. The summed E-state index contributed by atoms with van der Waals surface area (Å²) in [7, 11) is -4.09. The third-order valence-electron chi connectivity index (χ3n) is 6.45. The van der Waals surface area contributed by atoms with Crippen molar-refractivity contribution in [2.45, 2.75) is 72.0 Å². The average Bonchev–Trinajstić information content (AvgIpc) is 2.85. The number of rotatable bonds is 10. The highest BCUT2D eigenvalue weighted by molar-refractivity contribution is 7.92. The van der Waals surface area contributed by atoms with E-state index in [1.807, 2.05) is 71.9 Å². The Hall–Kier alpha value is -3.65. The number of hydrogen-bond donors (Lipinski definition) is 1. The van der Waals surface area contributed by atoms with E-state index in [0.29, 0.717) is 5.69 Å². The molecular weight excluding hydrogens is 510 g/mol. The lowest BCUT2D eigenvalue weighted by Crippen LogP contribution is -2.52. The van der Waals surface area contributed by atoms with E-state index < -0.39 is 28.5 Å². The molecule has 0 heterocycles. The lowest BCUT2D eigenvalue weighted by Gasteiger charge is -2.32. The van der Waals surface area contributed by atoms with Gasteiger partial charge in [-0.3, -0.25) is 13.9 Å². The SMILES string of the molecule is Cc1ccc(CN(C(=O)CN(c2cc(C)cc(C)c2)S(=O)(=O)c2ccc(C)cc2)[C@H](C)C(=O)NC(C)C)cc1. The molecule has 0 bridgehead atoms. The molecule has 0 spiro atoms. The van der Waals surface area contributed by atoms with Crippen LogP contribution in [0.5, 0.6) is 0 Å². The van der Waals surface area contributed by atoms with Crippen LogP contribution in [0.2, 0.25) is 0 Å². The van der Waals surface area contributed by atoms with Gasteiger partial charge in [-0.2, -0.15) is 0 Å². The molecule has 0 aromatic heterocycles. The first-order valence-corrected chi connectivity index (χ1v) is 14.5. The number of benzene rings is 3. The van der Waals surface area contributed by atoms with Crippen molar-refractivity contribution in [1.29, 1.82) is 0 Å². The molecule has 0 aliphatic carbocycles. The van der Waals surface area contributed by atoms with Crippen molar-refractivity contribution in [2.24, 2.45) is 0 Å². The van der Waals surface area contributed by atoms with Crippen LogP contribution in [-0.4, -0.2) is 43.8 Å². The number of carbonyl (C=O) groups excluding carboxylic acids is 2. The fourth-order valence-corrected chi connectivity index (χ4v) is 5.74. The molecule has 0 aliphatic rings. The Kier molecular flexibility index (Phi) is 9.56. The van der Waals surface area contributed by atoms with E-state index in [9.17, 15) is 18.0 Å². The predicted molar refractivity (Wildman–Crippen MR) is 156 cm³/mol. The van der Waals surface area contributed by atoms with Crippen molar-refractivity contribution >= 4 is 27.5 Å². The molecule has 1 atom stereocenters. The van der Waals surface area contributed by atoms with Crippen molar-refractivity contribution < 1.29 is 18.0 Å². The molecule has 0 saturated carbocycles. The second-order valence-electron chi connectivity index (χ2n) is 10.5. The lowest BCUT2D eigenvalue weighted by atomic mass is 10.1. The van der Waals surface area contributed by atoms with E-state index >= 15 is 0 Å². The van der Waals surface area contributed by atoms with E-state index in [1.165, 1.54) is 4.90 Å². The number of amides is 2. The molecule has 0 aliphatic heterocycles. The minimum Gasteiger partial charge on any atom is -0.352 e. The van der Waals surface area contributed by atoms with Gasteiger partial charge in [0.05, 0.1) is 10.6 Å². The van der Waals surface area contributed by atoms with Crippen molar-refractivity contribution in [3.05, 3.63) is 94.5 Å². The topological polar surface area (TPSA) is 86.8 Å². The van der Waals surface area contributed by atoms with Gasteiger partial charge in [-0.15, -0.1) is 0 Å². The van der Waals surface area contributed by atoms with Gasteiger partial charge in [-0.1, -0.05) is 53.6 Å². The molecule has 0 saturated heterocycles. The van der Waals surface area contributed by atoms with Gasteiger partial charge in [-0.05, 0) is 89.4 Å². The van der Waals surface area contributed by atoms with E-state index in [2.05, 4.69) is 5.32 Å². The van der Waals surface area contributed by atoms with Gasteiger partial charge in [0.1, 0.15) is 12.6 Å². The largest absolute Gasteiger partial charge is 0.352 e. The normalized spacial score (nSPS) is 12.2. The Bertz CT molecular complexity index is 1390. The van der Waals surface area contributed by atoms with Crippen LogP contribution in [0.4, 0.5) is 5.69 Å². The maximum Gasteiger partial charge on any atom is 0.264 e. The molecule has 208 valence electrons. The molecule has 8 heteroatoms. The molecule has 7 nitrogen and oxygen atoms in total. The van der Waals surface area contributed by atoms with Crippen molar-refractivity contribution in [1.82, 2.24) is 10.2 Å². The van der Waals surface area contributed by atoms with Crippen LogP contribution in [0.15, 0.2) is 71.6 Å². The summed E-state index contributed by atoms with van der Waals surface area (Å²) in [4.78, 5) is 28.5. The Morgan fingerprint density at radius 2 is 1.28 bits per heavy atom. The summed E-state index contributed by atoms with van der Waals surface area (Å²) < 4.78 is 29.0. The van der Waals surface area contributed by atoms with Crippen LogP contribution < -0.4 is 9.62 Å². The fourth-order valence-electron chi connectivity index (χ4n) is 4.34. The summed E-state index contributed by atoms with van der Waals surface area (Å²) in [5.41, 5.74) is 5.00. The number of anilines is 1. The van der Waals surface area contributed by atoms with E-state index in [4.69, 9.17) is 0 Å². The molecular formula is C31H39N3O4S. The quantitative estimate of drug-likeness (QED) is 0.383. The number of nitrogens with zero attached hydrogens (tertiary/aromatic N) is 2. The minimum absolute atomic E-state index is 0.0933. The number of hydrogen-bond acceptors (Lipinski definition) is 4. The van der Waals surface area contributed by atoms with Crippen LogP contribution in [0.25, 0.3) is 0 Å². The fraction of sp³-hybridized carbons (Fsp3) is 0.355. The highest BCUT2D eigenvalue weighted by Crippen LogP contribution is 2.27. The first-order valence-electron chi connectivity index (χ1n) is 13.1.